The highest BCUT2D eigenvalue weighted by atomic mass is 16.8. The molecule has 2 aliphatic heterocycles. The normalized spacial score (nSPS) is 26.2. The Morgan fingerprint density at radius 1 is 1.11 bits per heavy atom. The number of nitrogens with zero attached hydrogens (tertiary/aromatic N) is 2. The molecule has 11 heteroatoms. The summed E-state index contributed by atoms with van der Waals surface area (Å²) in [4.78, 5) is 32.1. The van der Waals surface area contributed by atoms with Crippen LogP contribution in [-0.2, 0) is 19.2 Å². The largest absolute Gasteiger partial charge is 0.492 e. The minimum atomic E-state index is -1.50. The number of carbonyl (C=O) groups is 2. The number of aliphatic hydroxyl groups is 3. The molecule has 0 aromatic heterocycles. The third kappa shape index (κ3) is 5.75. The van der Waals surface area contributed by atoms with Gasteiger partial charge in [-0.3, -0.25) is 9.59 Å². The molecule has 37 heavy (non-hydrogen) atoms. The molecule has 4 N–H and O–H groups in total. The number of carbonyl (C=O) groups excluding carboxylic acids is 2. The van der Waals surface area contributed by atoms with Gasteiger partial charge < -0.3 is 39.8 Å². The van der Waals surface area contributed by atoms with Crippen LogP contribution in [-0.4, -0.2) is 83.2 Å². The van der Waals surface area contributed by atoms with Crippen molar-refractivity contribution in [3.63, 3.8) is 0 Å². The van der Waals surface area contributed by atoms with Crippen molar-refractivity contribution in [2.24, 2.45) is 5.16 Å². The monoisotopic (exact) mass is 513 g/mol. The van der Waals surface area contributed by atoms with Crippen molar-refractivity contribution in [3.8, 4) is 5.75 Å². The van der Waals surface area contributed by atoms with Gasteiger partial charge in [-0.05, 0) is 38.1 Å². The third-order valence-corrected chi connectivity index (χ3v) is 6.25. The first-order chi connectivity index (χ1) is 17.7. The molecule has 2 heterocycles. The minimum Gasteiger partial charge on any atom is -0.492 e. The summed E-state index contributed by atoms with van der Waals surface area (Å²) >= 11 is 0. The number of rotatable bonds is 8. The molecule has 0 unspecified atom stereocenters. The fourth-order valence-corrected chi connectivity index (χ4v) is 4.29. The molecule has 2 aliphatic rings. The van der Waals surface area contributed by atoms with Crippen molar-refractivity contribution in [1.82, 2.24) is 5.32 Å². The van der Waals surface area contributed by atoms with Crippen LogP contribution < -0.4 is 15.0 Å². The van der Waals surface area contributed by atoms with Crippen LogP contribution in [0.15, 0.2) is 47.6 Å². The van der Waals surface area contributed by atoms with E-state index in [1.165, 1.54) is 11.8 Å². The van der Waals surface area contributed by atoms with E-state index in [1.807, 2.05) is 50.2 Å². The molecule has 1 saturated heterocycles. The van der Waals surface area contributed by atoms with Crippen LogP contribution in [0.2, 0.25) is 0 Å². The summed E-state index contributed by atoms with van der Waals surface area (Å²) in [5.74, 6) is -0.225. The number of hydrogen-bond donors (Lipinski definition) is 4. The summed E-state index contributed by atoms with van der Waals surface area (Å²) in [6, 6.07) is 11.9. The van der Waals surface area contributed by atoms with Crippen molar-refractivity contribution in [3.05, 3.63) is 59.2 Å². The molecule has 4 rings (SSSR count). The molecule has 0 spiro atoms. The van der Waals surface area contributed by atoms with Crippen LogP contribution in [0, 0.1) is 13.8 Å². The lowest BCUT2D eigenvalue weighted by atomic mass is 9.97. The zero-order valence-electron chi connectivity index (χ0n) is 20.8. The van der Waals surface area contributed by atoms with Gasteiger partial charge in [0, 0.05) is 12.5 Å². The number of aryl methyl sites for hydroxylation is 2. The summed E-state index contributed by atoms with van der Waals surface area (Å²) in [6.45, 7) is 5.00. The SMILES string of the molecule is CC(=O)N[C@@H]1[C@H](O/N=C2\C(=O)N(CCOc3ccc(C)cc3)c3ccc(C)cc32)O[C@H](CO)[C@H](O)[C@@H]1O. The highest BCUT2D eigenvalue weighted by Crippen LogP contribution is 2.31. The van der Waals surface area contributed by atoms with Crippen LogP contribution in [0.25, 0.3) is 0 Å². The molecule has 0 radical (unpaired) electrons. The van der Waals surface area contributed by atoms with E-state index in [9.17, 15) is 24.9 Å². The predicted molar refractivity (Wildman–Crippen MR) is 133 cm³/mol. The van der Waals surface area contributed by atoms with Crippen molar-refractivity contribution in [2.75, 3.05) is 24.7 Å². The average molecular weight is 514 g/mol. The summed E-state index contributed by atoms with van der Waals surface area (Å²) in [5.41, 5.74) is 3.21. The van der Waals surface area contributed by atoms with Gasteiger partial charge in [0.2, 0.25) is 12.2 Å². The fourth-order valence-electron chi connectivity index (χ4n) is 4.29. The second kappa shape index (κ2) is 11.3. The van der Waals surface area contributed by atoms with Crippen LogP contribution in [0.4, 0.5) is 5.69 Å². The number of anilines is 1. The number of aliphatic hydroxyl groups excluding tert-OH is 3. The average Bonchev–Trinajstić information content (AvgIpc) is 3.12. The zero-order chi connectivity index (χ0) is 26.7. The van der Waals surface area contributed by atoms with E-state index in [-0.39, 0.29) is 18.9 Å². The van der Waals surface area contributed by atoms with Gasteiger partial charge in [0.1, 0.15) is 36.7 Å². The molecular formula is C26H31N3O8. The Hall–Kier alpha value is -3.51. The second-order valence-corrected chi connectivity index (χ2v) is 9.12. The van der Waals surface area contributed by atoms with Gasteiger partial charge in [-0.1, -0.05) is 34.5 Å². The highest BCUT2D eigenvalue weighted by Gasteiger charge is 2.46. The summed E-state index contributed by atoms with van der Waals surface area (Å²) in [5, 5.41) is 36.7. The van der Waals surface area contributed by atoms with Gasteiger partial charge >= 0.3 is 0 Å². The summed E-state index contributed by atoms with van der Waals surface area (Å²) in [7, 11) is 0. The number of amides is 2. The van der Waals surface area contributed by atoms with Gasteiger partial charge in [-0.2, -0.15) is 0 Å². The second-order valence-electron chi connectivity index (χ2n) is 9.12. The Labute approximate surface area is 214 Å². The molecule has 0 bridgehead atoms. The maximum atomic E-state index is 13.3. The number of nitrogens with one attached hydrogen (secondary N) is 1. The van der Waals surface area contributed by atoms with Crippen molar-refractivity contribution < 1.29 is 39.2 Å². The predicted octanol–water partition coefficient (Wildman–Crippen LogP) is 0.393. The van der Waals surface area contributed by atoms with Crippen molar-refractivity contribution >= 4 is 23.2 Å². The highest BCUT2D eigenvalue weighted by molar-refractivity contribution is 6.54. The van der Waals surface area contributed by atoms with E-state index in [2.05, 4.69) is 10.5 Å². The number of ether oxygens (including phenoxy) is 2. The van der Waals surface area contributed by atoms with Gasteiger partial charge in [0.25, 0.3) is 5.91 Å². The zero-order valence-corrected chi connectivity index (χ0v) is 20.8. The number of oxime groups is 1. The first-order valence-electron chi connectivity index (χ1n) is 12.0. The Balaban J connectivity index is 1.54. The lowest BCUT2D eigenvalue weighted by Crippen LogP contribution is -2.64. The molecule has 0 saturated carbocycles. The van der Waals surface area contributed by atoms with E-state index in [4.69, 9.17) is 14.3 Å². The third-order valence-electron chi connectivity index (χ3n) is 6.25. The Kier molecular flexibility index (Phi) is 8.08. The van der Waals surface area contributed by atoms with Gasteiger partial charge in [0.15, 0.2) is 5.71 Å². The van der Waals surface area contributed by atoms with E-state index < -0.39 is 49.1 Å². The molecule has 11 nitrogen and oxygen atoms in total. The lowest BCUT2D eigenvalue weighted by Gasteiger charge is -2.40. The van der Waals surface area contributed by atoms with E-state index in [1.54, 1.807) is 6.07 Å². The topological polar surface area (TPSA) is 150 Å². The van der Waals surface area contributed by atoms with Crippen LogP contribution >= 0.6 is 0 Å². The fraction of sp³-hybridized carbons (Fsp3) is 0.423. The lowest BCUT2D eigenvalue weighted by molar-refractivity contribution is -0.270. The van der Waals surface area contributed by atoms with Crippen LogP contribution in [0.5, 0.6) is 5.75 Å². The molecule has 2 aromatic rings. The molecule has 198 valence electrons. The molecule has 5 atom stereocenters. The maximum Gasteiger partial charge on any atom is 0.281 e. The smallest absolute Gasteiger partial charge is 0.281 e. The first kappa shape index (κ1) is 26.6. The Morgan fingerprint density at radius 3 is 2.49 bits per heavy atom. The van der Waals surface area contributed by atoms with E-state index >= 15 is 0 Å². The molecule has 2 amide bonds. The maximum absolute atomic E-state index is 13.3. The number of fused-ring (bicyclic) bond motifs is 1. The van der Waals surface area contributed by atoms with Crippen molar-refractivity contribution in [1.29, 1.82) is 0 Å². The van der Waals surface area contributed by atoms with Crippen LogP contribution in [0.1, 0.15) is 23.6 Å². The number of benzene rings is 2. The molecular weight excluding hydrogens is 482 g/mol. The van der Waals surface area contributed by atoms with Gasteiger partial charge in [-0.15, -0.1) is 0 Å². The number of hydrogen-bond acceptors (Lipinski definition) is 9. The van der Waals surface area contributed by atoms with Gasteiger partial charge in [-0.25, -0.2) is 0 Å². The molecule has 0 aliphatic carbocycles. The molecule has 1 fully saturated rings. The quantitative estimate of drug-likeness (QED) is 0.371. The Bertz CT molecular complexity index is 1170. The van der Waals surface area contributed by atoms with E-state index in [0.717, 1.165) is 11.1 Å². The van der Waals surface area contributed by atoms with Crippen molar-refractivity contribution in [2.45, 2.75) is 51.4 Å². The first-order valence-corrected chi connectivity index (χ1v) is 12.0. The van der Waals surface area contributed by atoms with Crippen LogP contribution in [0.3, 0.4) is 0 Å². The van der Waals surface area contributed by atoms with E-state index in [0.29, 0.717) is 17.0 Å². The van der Waals surface area contributed by atoms with Gasteiger partial charge in [0.05, 0.1) is 18.8 Å². The summed E-state index contributed by atoms with van der Waals surface area (Å²) in [6.07, 6.45) is -5.50. The standard InChI is InChI=1S/C26H31N3O8/c1-14-4-7-17(8-5-14)35-11-10-29-19-9-6-15(2)12-18(19)21(25(29)34)28-37-26-22(27-16(3)31)24(33)23(32)20(13-30)36-26/h4-9,12,20,22-24,26,30,32-33H,10-11,13H2,1-3H3,(H,27,31)/b28-21-/t20-,22+,23+,24-,26+/m1/s1. The minimum absolute atomic E-state index is 0.0142. The summed E-state index contributed by atoms with van der Waals surface area (Å²) < 4.78 is 11.3. The molecule has 2 aromatic carbocycles. The Morgan fingerprint density at radius 2 is 1.81 bits per heavy atom.